The molecule has 0 fully saturated rings. The van der Waals surface area contributed by atoms with Crippen LogP contribution >= 0.6 is 0 Å². The van der Waals surface area contributed by atoms with Crippen LogP contribution in [0.15, 0.2) is 10.6 Å². The van der Waals surface area contributed by atoms with Crippen LogP contribution in [0.4, 0.5) is 4.39 Å². The maximum Gasteiger partial charge on any atom is 0.172 e. The third-order valence-electron chi connectivity index (χ3n) is 1.16. The molecular weight excluding hydrogens is 135 g/mol. The molecule has 0 bridgehead atoms. The summed E-state index contributed by atoms with van der Waals surface area (Å²) in [5.74, 6) is 0.208. The van der Waals surface area contributed by atoms with Crippen LogP contribution in [0.5, 0.6) is 0 Å². The molecule has 1 heterocycles. The Bertz CT molecular complexity index is 211. The zero-order chi connectivity index (χ0) is 7.56. The van der Waals surface area contributed by atoms with Crippen LogP contribution in [0.25, 0.3) is 0 Å². The minimum atomic E-state index is -1.22. The van der Waals surface area contributed by atoms with Crippen molar-refractivity contribution < 1.29 is 8.91 Å². The first kappa shape index (κ1) is 7.21. The van der Waals surface area contributed by atoms with Crippen molar-refractivity contribution in [3.63, 3.8) is 0 Å². The molecule has 0 saturated heterocycles. The summed E-state index contributed by atoms with van der Waals surface area (Å²) in [5.41, 5.74) is 5.72. The molecule has 10 heavy (non-hydrogen) atoms. The van der Waals surface area contributed by atoms with E-state index in [4.69, 9.17) is 5.73 Å². The average molecular weight is 144 g/mol. The maximum absolute atomic E-state index is 12.6. The number of alkyl halides is 1. The molecule has 0 spiro atoms. The van der Waals surface area contributed by atoms with Crippen molar-refractivity contribution in [1.29, 1.82) is 0 Å². The molecule has 1 rings (SSSR count). The Labute approximate surface area is 58.0 Å². The van der Waals surface area contributed by atoms with E-state index in [1.165, 1.54) is 6.07 Å². The number of rotatable bonds is 2. The van der Waals surface area contributed by atoms with E-state index in [1.54, 1.807) is 6.92 Å². The monoisotopic (exact) mass is 144 g/mol. The fourth-order valence-electron chi connectivity index (χ4n) is 0.647. The van der Waals surface area contributed by atoms with Crippen LogP contribution in [0.3, 0.4) is 0 Å². The van der Waals surface area contributed by atoms with Gasteiger partial charge in [0.1, 0.15) is 0 Å². The van der Waals surface area contributed by atoms with E-state index < -0.39 is 6.17 Å². The van der Waals surface area contributed by atoms with Gasteiger partial charge in [0, 0.05) is 12.6 Å². The van der Waals surface area contributed by atoms with Gasteiger partial charge < -0.3 is 10.3 Å². The molecule has 0 radical (unpaired) electrons. The van der Waals surface area contributed by atoms with E-state index in [9.17, 15) is 4.39 Å². The summed E-state index contributed by atoms with van der Waals surface area (Å²) in [6, 6.07) is 1.54. The second-order valence-electron chi connectivity index (χ2n) is 2.07. The van der Waals surface area contributed by atoms with Crippen molar-refractivity contribution in [2.24, 2.45) is 5.73 Å². The van der Waals surface area contributed by atoms with E-state index in [-0.39, 0.29) is 12.3 Å². The van der Waals surface area contributed by atoms with Gasteiger partial charge in [0.25, 0.3) is 0 Å². The topological polar surface area (TPSA) is 52.0 Å². The van der Waals surface area contributed by atoms with Crippen LogP contribution in [0, 0.1) is 6.92 Å². The fourth-order valence-corrected chi connectivity index (χ4v) is 0.647. The lowest BCUT2D eigenvalue weighted by Gasteiger charge is -1.95. The Kier molecular flexibility index (Phi) is 2.01. The molecule has 4 heteroatoms. The summed E-state index contributed by atoms with van der Waals surface area (Å²) in [5, 5.41) is 3.52. The first-order valence-corrected chi connectivity index (χ1v) is 3.01. The lowest BCUT2D eigenvalue weighted by Crippen LogP contribution is -2.06. The Morgan fingerprint density at radius 2 is 2.60 bits per heavy atom. The Hall–Kier alpha value is -0.900. The normalized spacial score (nSPS) is 13.5. The minimum absolute atomic E-state index is 0.0609. The first-order chi connectivity index (χ1) is 4.74. The van der Waals surface area contributed by atoms with Gasteiger partial charge in [-0.3, -0.25) is 0 Å². The Balaban J connectivity index is 2.74. The Morgan fingerprint density at radius 1 is 1.90 bits per heavy atom. The summed E-state index contributed by atoms with van der Waals surface area (Å²) < 4.78 is 17.2. The summed E-state index contributed by atoms with van der Waals surface area (Å²) in [7, 11) is 0. The summed E-state index contributed by atoms with van der Waals surface area (Å²) >= 11 is 0. The van der Waals surface area contributed by atoms with Gasteiger partial charge in [-0.1, -0.05) is 5.16 Å². The van der Waals surface area contributed by atoms with Crippen molar-refractivity contribution >= 4 is 0 Å². The number of hydrogen-bond donors (Lipinski definition) is 1. The van der Waals surface area contributed by atoms with Crippen LogP contribution < -0.4 is 5.73 Å². The highest BCUT2D eigenvalue weighted by Gasteiger charge is 2.11. The number of aromatic nitrogens is 1. The van der Waals surface area contributed by atoms with Gasteiger partial charge in [-0.2, -0.15) is 0 Å². The van der Waals surface area contributed by atoms with Crippen LogP contribution in [0.1, 0.15) is 17.6 Å². The molecule has 0 aromatic carbocycles. The summed E-state index contributed by atoms with van der Waals surface area (Å²) in [4.78, 5) is 0. The van der Waals surface area contributed by atoms with Crippen molar-refractivity contribution in [3.8, 4) is 0 Å². The second kappa shape index (κ2) is 2.79. The molecule has 56 valence electrons. The highest BCUT2D eigenvalue weighted by atomic mass is 19.1. The molecule has 3 nitrogen and oxygen atoms in total. The molecule has 0 saturated carbocycles. The van der Waals surface area contributed by atoms with Crippen LogP contribution in [0.2, 0.25) is 0 Å². The molecule has 1 atom stereocenters. The number of aryl methyl sites for hydroxylation is 1. The van der Waals surface area contributed by atoms with Gasteiger partial charge in [-0.15, -0.1) is 0 Å². The van der Waals surface area contributed by atoms with Crippen molar-refractivity contribution in [3.05, 3.63) is 17.5 Å². The molecule has 0 aliphatic heterocycles. The number of hydrogen-bond acceptors (Lipinski definition) is 3. The van der Waals surface area contributed by atoms with Crippen LogP contribution in [-0.4, -0.2) is 11.7 Å². The van der Waals surface area contributed by atoms with Gasteiger partial charge in [0.15, 0.2) is 11.9 Å². The van der Waals surface area contributed by atoms with Gasteiger partial charge >= 0.3 is 0 Å². The highest BCUT2D eigenvalue weighted by molar-refractivity contribution is 5.05. The molecule has 0 aliphatic carbocycles. The SMILES string of the molecule is Cc1cc(C(F)CN)on1. The van der Waals surface area contributed by atoms with E-state index >= 15 is 0 Å². The van der Waals surface area contributed by atoms with Crippen molar-refractivity contribution in [2.45, 2.75) is 13.1 Å². The number of nitrogens with two attached hydrogens (primary N) is 1. The lowest BCUT2D eigenvalue weighted by molar-refractivity contribution is 0.261. The van der Waals surface area contributed by atoms with E-state index in [0.717, 1.165) is 0 Å². The zero-order valence-corrected chi connectivity index (χ0v) is 5.67. The molecule has 0 aliphatic rings. The first-order valence-electron chi connectivity index (χ1n) is 3.01. The quantitative estimate of drug-likeness (QED) is 0.672. The smallest absolute Gasteiger partial charge is 0.172 e. The molecule has 2 N–H and O–H groups in total. The van der Waals surface area contributed by atoms with E-state index in [0.29, 0.717) is 5.69 Å². The second-order valence-corrected chi connectivity index (χ2v) is 2.07. The van der Waals surface area contributed by atoms with Gasteiger partial charge in [-0.05, 0) is 6.92 Å². The third kappa shape index (κ3) is 1.33. The molecule has 1 aromatic rings. The highest BCUT2D eigenvalue weighted by Crippen LogP contribution is 2.15. The van der Waals surface area contributed by atoms with Crippen LogP contribution in [-0.2, 0) is 0 Å². The molecular formula is C6H9FN2O. The minimum Gasteiger partial charge on any atom is -0.358 e. The average Bonchev–Trinajstić information content (AvgIpc) is 2.34. The van der Waals surface area contributed by atoms with Crippen molar-refractivity contribution in [2.75, 3.05) is 6.54 Å². The predicted octanol–water partition coefficient (Wildman–Crippen LogP) is 0.952. The fraction of sp³-hybridized carbons (Fsp3) is 0.500. The standard InChI is InChI=1S/C6H9FN2O/c1-4-2-6(10-9-4)5(7)3-8/h2,5H,3,8H2,1H3. The maximum atomic E-state index is 12.6. The largest absolute Gasteiger partial charge is 0.358 e. The third-order valence-corrected chi connectivity index (χ3v) is 1.16. The van der Waals surface area contributed by atoms with Gasteiger partial charge in [0.05, 0.1) is 5.69 Å². The number of nitrogens with zero attached hydrogens (tertiary/aromatic N) is 1. The zero-order valence-electron chi connectivity index (χ0n) is 5.67. The van der Waals surface area contributed by atoms with Gasteiger partial charge in [-0.25, -0.2) is 4.39 Å². The Morgan fingerprint density at radius 3 is 3.00 bits per heavy atom. The summed E-state index contributed by atoms with van der Waals surface area (Å²) in [6.07, 6.45) is -1.22. The molecule has 1 unspecified atom stereocenters. The predicted molar refractivity (Wildman–Crippen MR) is 34.1 cm³/mol. The van der Waals surface area contributed by atoms with Crippen molar-refractivity contribution in [1.82, 2.24) is 5.16 Å². The summed E-state index contributed by atoms with van der Waals surface area (Å²) in [6.45, 7) is 1.67. The molecule has 0 amide bonds. The van der Waals surface area contributed by atoms with E-state index in [2.05, 4.69) is 9.68 Å². The molecule has 1 aromatic heterocycles. The van der Waals surface area contributed by atoms with Gasteiger partial charge in [0.2, 0.25) is 0 Å². The van der Waals surface area contributed by atoms with E-state index in [1.807, 2.05) is 0 Å². The number of halogens is 1. The lowest BCUT2D eigenvalue weighted by atomic mass is 10.3.